The van der Waals surface area contributed by atoms with Gasteiger partial charge >= 0.3 is 0 Å². The number of likely N-dealkylation sites (N-methyl/N-ethyl adjacent to an activating group) is 1. The van der Waals surface area contributed by atoms with Gasteiger partial charge in [0.05, 0.1) is 32.0 Å². The molecule has 136 valence electrons. The van der Waals surface area contributed by atoms with E-state index in [0.717, 1.165) is 12.0 Å². The largest absolute Gasteiger partial charge is 0.493 e. The van der Waals surface area contributed by atoms with E-state index in [9.17, 15) is 4.79 Å². The number of nitrogens with one attached hydrogen (secondary N) is 1. The van der Waals surface area contributed by atoms with E-state index in [1.807, 2.05) is 30.1 Å². The summed E-state index contributed by atoms with van der Waals surface area (Å²) in [5.41, 5.74) is 2.09. The maximum Gasteiger partial charge on any atom is 0.238 e. The highest BCUT2D eigenvalue weighted by molar-refractivity contribution is 5.93. The van der Waals surface area contributed by atoms with E-state index in [1.54, 1.807) is 38.5 Å². The first-order chi connectivity index (χ1) is 12.6. The monoisotopic (exact) mass is 353 g/mol. The smallest absolute Gasteiger partial charge is 0.238 e. The first kappa shape index (κ1) is 19.3. The van der Waals surface area contributed by atoms with Crippen molar-refractivity contribution in [1.82, 2.24) is 4.90 Å². The van der Waals surface area contributed by atoms with Crippen molar-refractivity contribution in [3.63, 3.8) is 0 Å². The van der Waals surface area contributed by atoms with Crippen LogP contribution < -0.4 is 14.8 Å². The van der Waals surface area contributed by atoms with Crippen LogP contribution in [0.2, 0.25) is 0 Å². The summed E-state index contributed by atoms with van der Waals surface area (Å²) in [6.45, 7) is 0.954. The molecule has 0 radical (unpaired) electrons. The minimum Gasteiger partial charge on any atom is -0.493 e. The van der Waals surface area contributed by atoms with E-state index in [2.05, 4.69) is 11.4 Å². The summed E-state index contributed by atoms with van der Waals surface area (Å²) >= 11 is 0. The molecule has 0 spiro atoms. The number of hydrogen-bond donors (Lipinski definition) is 1. The van der Waals surface area contributed by atoms with Gasteiger partial charge in [0.15, 0.2) is 11.5 Å². The minimum absolute atomic E-state index is 0.150. The Balaban J connectivity index is 1.87. The van der Waals surface area contributed by atoms with Crippen LogP contribution in [-0.4, -0.2) is 45.2 Å². The molecule has 0 atom stereocenters. The highest BCUT2D eigenvalue weighted by atomic mass is 16.5. The van der Waals surface area contributed by atoms with Gasteiger partial charge in [0.1, 0.15) is 6.07 Å². The van der Waals surface area contributed by atoms with Crippen molar-refractivity contribution < 1.29 is 14.3 Å². The average molecular weight is 353 g/mol. The van der Waals surface area contributed by atoms with E-state index >= 15 is 0 Å². The first-order valence-corrected chi connectivity index (χ1v) is 8.25. The second-order valence-electron chi connectivity index (χ2n) is 5.88. The number of rotatable bonds is 8. The maximum absolute atomic E-state index is 12.2. The lowest BCUT2D eigenvalue weighted by atomic mass is 10.1. The molecule has 0 saturated carbocycles. The summed E-state index contributed by atoms with van der Waals surface area (Å²) in [6, 6.07) is 14.8. The fourth-order valence-electron chi connectivity index (χ4n) is 2.56. The normalized spacial score (nSPS) is 10.3. The van der Waals surface area contributed by atoms with Gasteiger partial charge in [-0.2, -0.15) is 5.26 Å². The molecule has 0 fully saturated rings. The zero-order chi connectivity index (χ0) is 18.9. The Bertz CT molecular complexity index is 799. The van der Waals surface area contributed by atoms with Crippen molar-refractivity contribution in [2.24, 2.45) is 0 Å². The molecule has 2 aromatic rings. The quantitative estimate of drug-likeness (QED) is 0.790. The molecule has 0 aliphatic rings. The van der Waals surface area contributed by atoms with E-state index in [-0.39, 0.29) is 12.5 Å². The van der Waals surface area contributed by atoms with Crippen molar-refractivity contribution >= 4 is 11.6 Å². The zero-order valence-corrected chi connectivity index (χ0v) is 15.3. The standard InChI is InChI=1S/C20H23N3O3/c1-23(11-10-15-8-9-18(25-2)19(12-15)26-3)14-20(24)22-17-7-5-4-6-16(17)13-21/h4-9,12H,10-11,14H2,1-3H3,(H,22,24). The molecule has 0 bridgehead atoms. The molecular weight excluding hydrogens is 330 g/mol. The lowest BCUT2D eigenvalue weighted by Gasteiger charge is -2.17. The number of amides is 1. The van der Waals surface area contributed by atoms with Crippen LogP contribution in [0.15, 0.2) is 42.5 Å². The number of benzene rings is 2. The Hall–Kier alpha value is -3.04. The predicted molar refractivity (Wildman–Crippen MR) is 101 cm³/mol. The van der Waals surface area contributed by atoms with E-state index in [0.29, 0.717) is 29.3 Å². The Morgan fingerprint density at radius 1 is 1.15 bits per heavy atom. The molecule has 2 aromatic carbocycles. The SMILES string of the molecule is COc1ccc(CCN(C)CC(=O)Nc2ccccc2C#N)cc1OC. The molecule has 0 unspecified atom stereocenters. The molecule has 1 amide bonds. The zero-order valence-electron chi connectivity index (χ0n) is 15.3. The molecule has 26 heavy (non-hydrogen) atoms. The van der Waals surface area contributed by atoms with Crippen LogP contribution >= 0.6 is 0 Å². The fraction of sp³-hybridized carbons (Fsp3) is 0.300. The van der Waals surface area contributed by atoms with Gasteiger partial charge < -0.3 is 14.8 Å². The molecular formula is C20H23N3O3. The Kier molecular flexibility index (Phi) is 7.01. The summed E-state index contributed by atoms with van der Waals surface area (Å²) in [5.74, 6) is 1.24. The lowest BCUT2D eigenvalue weighted by Crippen LogP contribution is -2.31. The summed E-state index contributed by atoms with van der Waals surface area (Å²) < 4.78 is 10.5. The van der Waals surface area contributed by atoms with E-state index < -0.39 is 0 Å². The highest BCUT2D eigenvalue weighted by Gasteiger charge is 2.10. The van der Waals surface area contributed by atoms with Crippen LogP contribution in [0.1, 0.15) is 11.1 Å². The molecule has 0 aliphatic heterocycles. The van der Waals surface area contributed by atoms with Crippen LogP contribution in [0, 0.1) is 11.3 Å². The summed E-state index contributed by atoms with van der Waals surface area (Å²) in [6.07, 6.45) is 0.777. The van der Waals surface area contributed by atoms with Gasteiger partial charge in [-0.15, -0.1) is 0 Å². The topological polar surface area (TPSA) is 74.6 Å². The van der Waals surface area contributed by atoms with Crippen molar-refractivity contribution in [2.75, 3.05) is 39.7 Å². The third-order valence-corrected chi connectivity index (χ3v) is 3.97. The molecule has 1 N–H and O–H groups in total. The minimum atomic E-state index is -0.150. The highest BCUT2D eigenvalue weighted by Crippen LogP contribution is 2.27. The molecule has 2 rings (SSSR count). The third-order valence-electron chi connectivity index (χ3n) is 3.97. The van der Waals surface area contributed by atoms with Gasteiger partial charge in [0, 0.05) is 6.54 Å². The van der Waals surface area contributed by atoms with Crippen LogP contribution in [0.4, 0.5) is 5.69 Å². The van der Waals surface area contributed by atoms with Crippen LogP contribution in [-0.2, 0) is 11.2 Å². The third kappa shape index (κ3) is 5.23. The molecule has 0 aromatic heterocycles. The number of anilines is 1. The lowest BCUT2D eigenvalue weighted by molar-refractivity contribution is -0.117. The second-order valence-corrected chi connectivity index (χ2v) is 5.88. The Labute approximate surface area is 153 Å². The van der Waals surface area contributed by atoms with Gasteiger partial charge in [-0.25, -0.2) is 0 Å². The Morgan fingerprint density at radius 3 is 2.58 bits per heavy atom. The van der Waals surface area contributed by atoms with E-state index in [4.69, 9.17) is 14.7 Å². The number of methoxy groups -OCH3 is 2. The maximum atomic E-state index is 12.2. The molecule has 0 aliphatic carbocycles. The van der Waals surface area contributed by atoms with Crippen LogP contribution in [0.3, 0.4) is 0 Å². The molecule has 0 saturated heterocycles. The summed E-state index contributed by atoms with van der Waals surface area (Å²) in [4.78, 5) is 14.1. The fourth-order valence-corrected chi connectivity index (χ4v) is 2.56. The van der Waals surface area contributed by atoms with Crippen molar-refractivity contribution in [1.29, 1.82) is 5.26 Å². The van der Waals surface area contributed by atoms with Gasteiger partial charge in [0.25, 0.3) is 0 Å². The first-order valence-electron chi connectivity index (χ1n) is 8.25. The number of para-hydroxylation sites is 1. The average Bonchev–Trinajstić information content (AvgIpc) is 2.66. The number of nitrogens with zero attached hydrogens (tertiary/aromatic N) is 2. The number of carbonyl (C=O) groups is 1. The van der Waals surface area contributed by atoms with Gasteiger partial charge in [-0.1, -0.05) is 18.2 Å². The van der Waals surface area contributed by atoms with Crippen molar-refractivity contribution in [3.8, 4) is 17.6 Å². The summed E-state index contributed by atoms with van der Waals surface area (Å²) in [7, 11) is 5.10. The van der Waals surface area contributed by atoms with Gasteiger partial charge in [0.2, 0.25) is 5.91 Å². The predicted octanol–water partition coefficient (Wildman–Crippen LogP) is 2.69. The van der Waals surface area contributed by atoms with Crippen LogP contribution in [0.25, 0.3) is 0 Å². The van der Waals surface area contributed by atoms with E-state index in [1.165, 1.54) is 0 Å². The van der Waals surface area contributed by atoms with Gasteiger partial charge in [-0.3, -0.25) is 9.69 Å². The molecule has 6 heteroatoms. The summed E-state index contributed by atoms with van der Waals surface area (Å²) in [5, 5.41) is 11.9. The number of hydrogen-bond acceptors (Lipinski definition) is 5. The van der Waals surface area contributed by atoms with Crippen LogP contribution in [0.5, 0.6) is 11.5 Å². The van der Waals surface area contributed by atoms with Crippen molar-refractivity contribution in [3.05, 3.63) is 53.6 Å². The number of nitriles is 1. The Morgan fingerprint density at radius 2 is 1.88 bits per heavy atom. The number of ether oxygens (including phenoxy) is 2. The van der Waals surface area contributed by atoms with Crippen molar-refractivity contribution in [2.45, 2.75) is 6.42 Å². The number of carbonyl (C=O) groups excluding carboxylic acids is 1. The second kappa shape index (κ2) is 9.44. The van der Waals surface area contributed by atoms with Gasteiger partial charge in [-0.05, 0) is 43.3 Å². The molecule has 6 nitrogen and oxygen atoms in total. The molecule has 0 heterocycles.